The van der Waals surface area contributed by atoms with E-state index in [9.17, 15) is 0 Å². The van der Waals surface area contributed by atoms with Gasteiger partial charge in [-0.25, -0.2) is 0 Å². The second-order valence-electron chi connectivity index (χ2n) is 12.4. The fourth-order valence-corrected chi connectivity index (χ4v) is 13.8. The third-order valence-electron chi connectivity index (χ3n) is 9.83. The number of hydrogen-bond donors (Lipinski definition) is 1. The molecule has 0 heterocycles. The molecule has 3 aromatic rings. The average Bonchev–Trinajstić information content (AvgIpc) is 3.93. The zero-order chi connectivity index (χ0) is 34.6. The predicted molar refractivity (Wildman–Crippen MR) is 192 cm³/mol. The molecule has 6 rings (SSSR count). The van der Waals surface area contributed by atoms with E-state index < -0.39 is 19.8 Å². The minimum atomic E-state index is -1.98. The summed E-state index contributed by atoms with van der Waals surface area (Å²) in [7, 11) is 0. The van der Waals surface area contributed by atoms with Crippen LogP contribution >= 0.6 is 0 Å². The Balaban J connectivity index is -0.000000588. The molecule has 48 heavy (non-hydrogen) atoms. The molecule has 4 nitrogen and oxygen atoms in total. The molecular weight excluding hydrogens is 867 g/mol. The zero-order valence-corrected chi connectivity index (χ0v) is 36.7. The molecule has 3 fully saturated rings. The van der Waals surface area contributed by atoms with Crippen molar-refractivity contribution >= 4 is 37.0 Å². The number of benzene rings is 3. The first-order valence-electron chi connectivity index (χ1n) is 16.9. The molecule has 0 saturated heterocycles. The van der Waals surface area contributed by atoms with E-state index in [0.29, 0.717) is 6.47 Å². The summed E-state index contributed by atoms with van der Waals surface area (Å²) in [6.45, 7) is 21.5. The van der Waals surface area contributed by atoms with Gasteiger partial charge in [0.15, 0.2) is 0 Å². The van der Waals surface area contributed by atoms with Gasteiger partial charge in [-0.15, -0.1) is 0 Å². The molecule has 0 spiro atoms. The number of hydrogen-bond acceptors (Lipinski definition) is 1. The topological polar surface area (TPSA) is 77.1 Å². The monoisotopic (exact) mass is 924 g/mol. The van der Waals surface area contributed by atoms with E-state index in [1.165, 1.54) is 74.9 Å². The van der Waals surface area contributed by atoms with Crippen LogP contribution in [0.3, 0.4) is 0 Å². The average molecular weight is 924 g/mol. The third kappa shape index (κ3) is 20.6. The van der Waals surface area contributed by atoms with E-state index in [1.54, 1.807) is 0 Å². The van der Waals surface area contributed by atoms with Crippen LogP contribution in [0.25, 0.3) is 0 Å². The number of aliphatic hydroxyl groups excluding tert-OH is 1. The van der Waals surface area contributed by atoms with Crippen molar-refractivity contribution in [2.75, 3.05) is 0 Å². The summed E-state index contributed by atoms with van der Waals surface area (Å²) in [5.41, 5.74) is 0. The van der Waals surface area contributed by atoms with Crippen molar-refractivity contribution < 1.29 is 64.9 Å². The molecular formula is C41H56O4RuSnZr+3. The third-order valence-corrected chi connectivity index (χ3v) is 17.6. The van der Waals surface area contributed by atoms with Gasteiger partial charge in [0.25, 0.3) is 0 Å². The van der Waals surface area contributed by atoms with Gasteiger partial charge in [-0.2, -0.15) is 0 Å². The van der Waals surface area contributed by atoms with Gasteiger partial charge in [0.2, 0.25) is 0 Å². The van der Waals surface area contributed by atoms with E-state index in [-0.39, 0.29) is 45.7 Å². The van der Waals surface area contributed by atoms with Gasteiger partial charge in [-0.3, -0.25) is 0 Å². The van der Waals surface area contributed by atoms with E-state index in [0.717, 1.165) is 29.6 Å². The quantitative estimate of drug-likeness (QED) is 0.162. The van der Waals surface area contributed by atoms with Crippen LogP contribution in [0.2, 0.25) is 0 Å². The van der Waals surface area contributed by atoms with Crippen LogP contribution in [-0.2, 0) is 59.8 Å². The summed E-state index contributed by atoms with van der Waals surface area (Å²) < 4.78 is 19.6. The van der Waals surface area contributed by atoms with Crippen molar-refractivity contribution in [3.05, 3.63) is 104 Å². The SMILES string of the molecule is C1CCCC1.C1CCCC1.CC1C(C)C(C)C(C)C1C.O=[C-]O.[C-]#[O+].[C-]#[O+].[Ru+2].[Zr+2].c1cc[c]([Sn]([c]2ccccc2)[c]2ccccc2)cc1. The summed E-state index contributed by atoms with van der Waals surface area (Å²) in [5.74, 6) is 4.68. The van der Waals surface area contributed by atoms with Crippen molar-refractivity contribution in [2.24, 2.45) is 29.6 Å². The second-order valence-corrected chi connectivity index (χ2v) is 19.5. The maximum absolute atomic E-state index is 8.24. The standard InChI is InChI=1S/C10H20.3C6H5.2C5H10.CHO2.2CO.Ru.Sn.Zr/c1-6-7(2)9(4)10(5)8(6)3;3*1-2-4-6-5-3-1;2*1-2-4-5-3-1;2-1-3;2*1-2;;;/h6-10H,1-5H3;3*1-5H;2*1-5H2;(H,2,3);;;;;/q;;;;;;-1;;;+2;;+2. The Morgan fingerprint density at radius 3 is 0.792 bits per heavy atom. The Morgan fingerprint density at radius 2 is 0.646 bits per heavy atom. The summed E-state index contributed by atoms with van der Waals surface area (Å²) in [5, 5.41) is 6.76. The maximum atomic E-state index is 8.24. The van der Waals surface area contributed by atoms with Crippen LogP contribution in [0, 0.1) is 42.9 Å². The Labute approximate surface area is 331 Å². The Morgan fingerprint density at radius 1 is 0.500 bits per heavy atom. The van der Waals surface area contributed by atoms with Crippen molar-refractivity contribution in [1.29, 1.82) is 0 Å². The van der Waals surface area contributed by atoms with Crippen LogP contribution in [0.15, 0.2) is 91.0 Å². The Bertz CT molecular complexity index is 985. The fraction of sp³-hybridized carbons (Fsp3) is 0.488. The molecule has 0 amide bonds. The molecule has 7 heteroatoms. The van der Waals surface area contributed by atoms with E-state index in [2.05, 4.69) is 139 Å². The van der Waals surface area contributed by atoms with Crippen molar-refractivity contribution in [3.63, 3.8) is 0 Å². The van der Waals surface area contributed by atoms with Crippen molar-refractivity contribution in [2.45, 2.75) is 98.8 Å². The fourth-order valence-electron chi connectivity index (χ4n) is 6.48. The molecule has 3 aliphatic rings. The van der Waals surface area contributed by atoms with Crippen LogP contribution in [0.4, 0.5) is 0 Å². The molecule has 0 aromatic heterocycles. The van der Waals surface area contributed by atoms with Crippen LogP contribution < -0.4 is 10.7 Å². The van der Waals surface area contributed by atoms with Gasteiger partial charge < -0.3 is 9.90 Å². The molecule has 0 aliphatic heterocycles. The predicted octanol–water partition coefficient (Wildman–Crippen LogP) is 8.82. The summed E-state index contributed by atoms with van der Waals surface area (Å²) in [6, 6.07) is 32.9. The van der Waals surface area contributed by atoms with E-state index in [1.807, 2.05) is 0 Å². The Hall–Kier alpha value is -1.08. The molecule has 0 bridgehead atoms. The first kappa shape index (κ1) is 51.3. The zero-order valence-electron chi connectivity index (χ0n) is 29.6. The summed E-state index contributed by atoms with van der Waals surface area (Å²) in [6.07, 6.45) is 15.0. The summed E-state index contributed by atoms with van der Waals surface area (Å²) >= 11 is -1.98. The van der Waals surface area contributed by atoms with Gasteiger partial charge in [0, 0.05) is 0 Å². The Kier molecular flexibility index (Phi) is 36.7. The van der Waals surface area contributed by atoms with Gasteiger partial charge >= 0.3 is 190 Å². The first-order chi connectivity index (χ1) is 22.4. The van der Waals surface area contributed by atoms with Gasteiger partial charge in [0.1, 0.15) is 0 Å². The van der Waals surface area contributed by atoms with Crippen LogP contribution in [0.1, 0.15) is 98.8 Å². The molecule has 3 aromatic carbocycles. The molecule has 0 unspecified atom stereocenters. The molecule has 3 aliphatic carbocycles. The first-order valence-corrected chi connectivity index (χ1v) is 21.2. The van der Waals surface area contributed by atoms with E-state index >= 15 is 0 Å². The van der Waals surface area contributed by atoms with Crippen LogP contribution in [-0.4, -0.2) is 31.3 Å². The summed E-state index contributed by atoms with van der Waals surface area (Å²) in [4.78, 5) is 8.24. The molecule has 0 atom stereocenters. The second kappa shape index (κ2) is 34.4. The molecule has 1 N–H and O–H groups in total. The molecule has 3 saturated carbocycles. The van der Waals surface area contributed by atoms with Gasteiger partial charge in [-0.1, -0.05) is 105 Å². The van der Waals surface area contributed by atoms with Gasteiger partial charge in [-0.05, 0) is 29.6 Å². The molecule has 1 radical (unpaired) electrons. The molecule has 257 valence electrons. The minimum absolute atomic E-state index is 0. The normalized spacial score (nSPS) is 21.1. The van der Waals surface area contributed by atoms with Crippen molar-refractivity contribution in [3.8, 4) is 0 Å². The number of rotatable bonds is 3. The van der Waals surface area contributed by atoms with Crippen LogP contribution in [0.5, 0.6) is 0 Å². The van der Waals surface area contributed by atoms with Crippen molar-refractivity contribution in [1.82, 2.24) is 0 Å². The van der Waals surface area contributed by atoms with E-state index in [4.69, 9.17) is 19.2 Å². The van der Waals surface area contributed by atoms with Gasteiger partial charge in [0.05, 0.1) is 0 Å².